The number of ether oxygens (including phenoxy) is 1. The van der Waals surface area contributed by atoms with Crippen molar-refractivity contribution in [3.05, 3.63) is 60.4 Å². The lowest BCUT2D eigenvalue weighted by Crippen LogP contribution is -2.17. The topological polar surface area (TPSA) is 107 Å². The maximum absolute atomic E-state index is 12.2. The molecule has 3 rings (SSSR count). The van der Waals surface area contributed by atoms with E-state index in [9.17, 15) is 18.0 Å². The number of aromatic nitrogens is 3. The molecule has 0 aliphatic carbocycles. The number of rotatable bonds is 6. The summed E-state index contributed by atoms with van der Waals surface area (Å²) in [7, 11) is 0. The first-order valence-electron chi connectivity index (χ1n) is 8.73. The molecule has 154 valence electrons. The molecule has 0 spiro atoms. The minimum Gasteiger partial charge on any atom is -0.406 e. The lowest BCUT2D eigenvalue weighted by atomic mass is 9.96. The number of nitrogens with zero attached hydrogens (tertiary/aromatic N) is 5. The quantitative estimate of drug-likeness (QED) is 0.474. The molecule has 30 heavy (non-hydrogen) atoms. The zero-order valence-corrected chi connectivity index (χ0v) is 15.7. The number of alkyl halides is 3. The zero-order chi connectivity index (χ0) is 21.7. The SMILES string of the molecule is CC(CC(=O)N=[N+]=N)c1ccc(-c2ncn(-c3ccc(OC(F)(F)F)cc3)n2)cc1. The summed E-state index contributed by atoms with van der Waals surface area (Å²) in [6.07, 6.45) is -3.15. The molecule has 2 aromatic carbocycles. The molecule has 0 fully saturated rings. The number of halogens is 3. The maximum Gasteiger partial charge on any atom is 0.573 e. The van der Waals surface area contributed by atoms with Crippen molar-refractivity contribution >= 4 is 5.91 Å². The van der Waals surface area contributed by atoms with Crippen molar-refractivity contribution in [2.45, 2.75) is 25.6 Å². The summed E-state index contributed by atoms with van der Waals surface area (Å²) in [4.78, 5) is 18.4. The highest BCUT2D eigenvalue weighted by atomic mass is 19.4. The minimum atomic E-state index is -4.75. The van der Waals surface area contributed by atoms with Gasteiger partial charge in [-0.2, -0.15) is 0 Å². The van der Waals surface area contributed by atoms with Crippen molar-refractivity contribution in [1.82, 2.24) is 19.7 Å². The van der Waals surface area contributed by atoms with Crippen LogP contribution in [-0.2, 0) is 4.79 Å². The van der Waals surface area contributed by atoms with Crippen LogP contribution in [0.1, 0.15) is 24.8 Å². The third kappa shape index (κ3) is 5.36. The van der Waals surface area contributed by atoms with Gasteiger partial charge in [-0.15, -0.1) is 18.3 Å². The molecule has 0 aliphatic rings. The highest BCUT2D eigenvalue weighted by molar-refractivity contribution is 5.77. The van der Waals surface area contributed by atoms with Crippen LogP contribution < -0.4 is 9.65 Å². The first-order valence-corrected chi connectivity index (χ1v) is 8.73. The standard InChI is InChI=1S/C19H16F3N6O2/c1-12(10-17(29)25-27-23)13-2-4-14(5-3-13)18-24-11-28(26-18)15-6-8-16(9-7-15)30-19(20,21)22/h2-9,11-12,23H,10H2,1H3/q+1. The van der Waals surface area contributed by atoms with E-state index >= 15 is 0 Å². The van der Waals surface area contributed by atoms with E-state index in [4.69, 9.17) is 5.53 Å². The predicted molar refractivity (Wildman–Crippen MR) is 98.8 cm³/mol. The fourth-order valence-electron chi connectivity index (χ4n) is 2.76. The van der Waals surface area contributed by atoms with Gasteiger partial charge >= 0.3 is 12.3 Å². The molecule has 0 bridgehead atoms. The van der Waals surface area contributed by atoms with Crippen LogP contribution >= 0.6 is 0 Å². The van der Waals surface area contributed by atoms with Crippen LogP contribution in [0.5, 0.6) is 5.75 Å². The number of carbonyl (C=O) groups is 1. The van der Waals surface area contributed by atoms with Gasteiger partial charge in [0.15, 0.2) is 10.9 Å². The normalized spacial score (nSPS) is 12.1. The average Bonchev–Trinajstić information content (AvgIpc) is 3.18. The Morgan fingerprint density at radius 3 is 2.47 bits per heavy atom. The van der Waals surface area contributed by atoms with E-state index in [1.807, 2.05) is 31.2 Å². The van der Waals surface area contributed by atoms with E-state index in [-0.39, 0.29) is 18.1 Å². The summed E-state index contributed by atoms with van der Waals surface area (Å²) in [6.45, 7) is 1.87. The van der Waals surface area contributed by atoms with Crippen LogP contribution in [0.25, 0.3) is 17.1 Å². The monoisotopic (exact) mass is 417 g/mol. The molecule has 0 radical (unpaired) electrons. The number of hydrogen-bond acceptors (Lipinski definition) is 5. The van der Waals surface area contributed by atoms with Crippen LogP contribution in [0, 0.1) is 5.53 Å². The second-order valence-corrected chi connectivity index (χ2v) is 6.38. The number of amides is 1. The van der Waals surface area contributed by atoms with Crippen LogP contribution in [0.2, 0.25) is 0 Å². The Hall–Kier alpha value is -3.85. The minimum absolute atomic E-state index is 0.0972. The van der Waals surface area contributed by atoms with Gasteiger partial charge in [-0.3, -0.25) is 4.79 Å². The first kappa shape index (κ1) is 20.9. The van der Waals surface area contributed by atoms with E-state index < -0.39 is 12.3 Å². The van der Waals surface area contributed by atoms with E-state index in [0.29, 0.717) is 11.5 Å². The molecule has 1 unspecified atom stereocenters. The fraction of sp³-hybridized carbons (Fsp3) is 0.211. The van der Waals surface area contributed by atoms with Gasteiger partial charge in [-0.05, 0) is 35.7 Å². The van der Waals surface area contributed by atoms with E-state index in [1.165, 1.54) is 35.3 Å². The Balaban J connectivity index is 1.71. The van der Waals surface area contributed by atoms with Gasteiger partial charge in [-0.25, -0.2) is 9.67 Å². The Labute approximate surface area is 168 Å². The molecular formula is C19H16F3N6O2+. The van der Waals surface area contributed by atoms with Gasteiger partial charge in [0, 0.05) is 12.0 Å². The summed E-state index contributed by atoms with van der Waals surface area (Å²) in [5, 5.41) is 7.52. The Kier molecular flexibility index (Phi) is 6.03. The fourth-order valence-corrected chi connectivity index (χ4v) is 2.76. The highest BCUT2D eigenvalue weighted by Gasteiger charge is 2.31. The van der Waals surface area contributed by atoms with Crippen molar-refractivity contribution < 1.29 is 22.7 Å². The lowest BCUT2D eigenvalue weighted by Gasteiger charge is -2.09. The average molecular weight is 417 g/mol. The third-order valence-corrected chi connectivity index (χ3v) is 4.21. The largest absolute Gasteiger partial charge is 0.573 e. The molecule has 0 saturated heterocycles. The molecule has 1 heterocycles. The van der Waals surface area contributed by atoms with E-state index in [2.05, 4.69) is 24.8 Å². The Morgan fingerprint density at radius 2 is 1.87 bits per heavy atom. The van der Waals surface area contributed by atoms with Gasteiger partial charge in [0.25, 0.3) is 0 Å². The van der Waals surface area contributed by atoms with E-state index in [0.717, 1.165) is 11.1 Å². The van der Waals surface area contributed by atoms with Crippen molar-refractivity contribution in [2.75, 3.05) is 0 Å². The zero-order valence-electron chi connectivity index (χ0n) is 15.7. The Morgan fingerprint density at radius 1 is 1.20 bits per heavy atom. The van der Waals surface area contributed by atoms with Gasteiger partial charge in [0.1, 0.15) is 17.6 Å². The summed E-state index contributed by atoms with van der Waals surface area (Å²) >= 11 is 0. The van der Waals surface area contributed by atoms with Crippen molar-refractivity contribution in [2.24, 2.45) is 5.11 Å². The number of nitrogens with one attached hydrogen (secondary N) is 1. The van der Waals surface area contributed by atoms with Crippen LogP contribution in [0.3, 0.4) is 0 Å². The molecule has 0 aliphatic heterocycles. The molecule has 3 aromatic rings. The Bertz CT molecular complexity index is 1070. The predicted octanol–water partition coefficient (Wildman–Crippen LogP) is 4.40. The second-order valence-electron chi connectivity index (χ2n) is 6.38. The van der Waals surface area contributed by atoms with E-state index in [1.54, 1.807) is 0 Å². The summed E-state index contributed by atoms with van der Waals surface area (Å²) in [5.74, 6) is -0.448. The number of benzene rings is 2. The van der Waals surface area contributed by atoms with Gasteiger partial charge in [0.2, 0.25) is 4.91 Å². The van der Waals surface area contributed by atoms with Crippen molar-refractivity contribution in [3.63, 3.8) is 0 Å². The van der Waals surface area contributed by atoms with Crippen LogP contribution in [-0.4, -0.2) is 27.0 Å². The lowest BCUT2D eigenvalue weighted by molar-refractivity contribution is -0.274. The summed E-state index contributed by atoms with van der Waals surface area (Å²) < 4.78 is 42.0. The molecule has 1 atom stereocenters. The molecule has 0 saturated carbocycles. The second kappa shape index (κ2) is 8.66. The third-order valence-electron chi connectivity index (χ3n) is 4.21. The van der Waals surface area contributed by atoms with Gasteiger partial charge < -0.3 is 4.74 Å². The first-order chi connectivity index (χ1) is 14.2. The summed E-state index contributed by atoms with van der Waals surface area (Å²) in [6, 6.07) is 12.6. The summed E-state index contributed by atoms with van der Waals surface area (Å²) in [5.41, 5.74) is 8.75. The molecule has 1 amide bonds. The number of carbonyl (C=O) groups excluding carboxylic acids is 1. The molecule has 8 nitrogen and oxygen atoms in total. The van der Waals surface area contributed by atoms with Gasteiger partial charge in [0.05, 0.1) is 5.69 Å². The number of hydrogen-bond donors (Lipinski definition) is 1. The smallest absolute Gasteiger partial charge is 0.406 e. The highest BCUT2D eigenvalue weighted by Crippen LogP contribution is 2.25. The van der Waals surface area contributed by atoms with Crippen molar-refractivity contribution in [3.8, 4) is 22.8 Å². The van der Waals surface area contributed by atoms with Crippen LogP contribution in [0.4, 0.5) is 13.2 Å². The maximum atomic E-state index is 12.2. The molecule has 1 aromatic heterocycles. The van der Waals surface area contributed by atoms with Crippen molar-refractivity contribution in [1.29, 1.82) is 5.53 Å². The van der Waals surface area contributed by atoms with Gasteiger partial charge in [-0.1, -0.05) is 31.2 Å². The molecule has 1 N–H and O–H groups in total. The molecular weight excluding hydrogens is 401 g/mol. The molecule has 11 heteroatoms. The van der Waals surface area contributed by atoms with Crippen LogP contribution in [0.15, 0.2) is 60.0 Å².